The summed E-state index contributed by atoms with van der Waals surface area (Å²) in [6, 6.07) is 3.00. The van der Waals surface area contributed by atoms with Crippen molar-refractivity contribution in [3.05, 3.63) is 35.4 Å². The van der Waals surface area contributed by atoms with Crippen LogP contribution in [0.4, 0.5) is 8.78 Å². The average Bonchev–Trinajstić information content (AvgIpc) is 2.70. The Bertz CT molecular complexity index is 398. The number of hydrogen-bond donors (Lipinski definition) is 0. The summed E-state index contributed by atoms with van der Waals surface area (Å²) < 4.78 is 31.2. The number of ketones is 1. The molecule has 0 aliphatic carbocycles. The molecule has 1 heterocycles. The zero-order valence-electron chi connectivity index (χ0n) is 8.71. The topological polar surface area (TPSA) is 26.3 Å². The minimum atomic E-state index is -0.803. The molecule has 1 unspecified atom stereocenters. The van der Waals surface area contributed by atoms with Gasteiger partial charge in [-0.2, -0.15) is 0 Å². The number of ether oxygens (including phenoxy) is 1. The maximum Gasteiger partial charge on any atom is 0.168 e. The van der Waals surface area contributed by atoms with Crippen LogP contribution in [0.5, 0.6) is 0 Å². The van der Waals surface area contributed by atoms with Gasteiger partial charge in [0, 0.05) is 19.1 Å². The maximum absolute atomic E-state index is 13.3. The number of halogens is 2. The minimum Gasteiger partial charge on any atom is -0.378 e. The zero-order chi connectivity index (χ0) is 11.5. The van der Waals surface area contributed by atoms with Crippen molar-refractivity contribution >= 4 is 5.78 Å². The highest BCUT2D eigenvalue weighted by molar-refractivity contribution is 5.96. The third-order valence-electron chi connectivity index (χ3n) is 2.67. The largest absolute Gasteiger partial charge is 0.378 e. The highest BCUT2D eigenvalue weighted by atomic mass is 19.1. The van der Waals surface area contributed by atoms with Gasteiger partial charge in [0.15, 0.2) is 5.78 Å². The summed E-state index contributed by atoms with van der Waals surface area (Å²) in [5.41, 5.74) is -0.0584. The van der Waals surface area contributed by atoms with E-state index in [0.717, 1.165) is 25.0 Å². The van der Waals surface area contributed by atoms with Crippen LogP contribution in [0.2, 0.25) is 0 Å². The number of carbonyl (C=O) groups excluding carboxylic acids is 1. The summed E-state index contributed by atoms with van der Waals surface area (Å²) in [6.07, 6.45) is 1.82. The highest BCUT2D eigenvalue weighted by Gasteiger charge is 2.21. The van der Waals surface area contributed by atoms with E-state index >= 15 is 0 Å². The molecule has 0 spiro atoms. The fourth-order valence-electron chi connectivity index (χ4n) is 1.84. The van der Waals surface area contributed by atoms with Gasteiger partial charge in [0.1, 0.15) is 11.6 Å². The number of benzene rings is 1. The monoisotopic (exact) mass is 226 g/mol. The normalized spacial score (nSPS) is 20.0. The molecule has 2 rings (SSSR count). The van der Waals surface area contributed by atoms with Gasteiger partial charge < -0.3 is 4.74 Å². The Morgan fingerprint density at radius 3 is 2.88 bits per heavy atom. The maximum atomic E-state index is 13.3. The Labute approximate surface area is 92.2 Å². The molecule has 1 fully saturated rings. The van der Waals surface area contributed by atoms with Gasteiger partial charge in [0.2, 0.25) is 0 Å². The number of hydrogen-bond acceptors (Lipinski definition) is 2. The van der Waals surface area contributed by atoms with Gasteiger partial charge in [-0.15, -0.1) is 0 Å². The van der Waals surface area contributed by atoms with Crippen molar-refractivity contribution in [2.24, 2.45) is 0 Å². The van der Waals surface area contributed by atoms with E-state index in [4.69, 9.17) is 4.74 Å². The smallest absolute Gasteiger partial charge is 0.168 e. The standard InChI is InChI=1S/C12H12F2O2/c13-8-3-4-10(11(14)6-8)12(15)7-9-2-1-5-16-9/h3-4,6,9H,1-2,5,7H2. The molecule has 0 radical (unpaired) electrons. The molecule has 0 amide bonds. The average molecular weight is 226 g/mol. The lowest BCUT2D eigenvalue weighted by atomic mass is 10.0. The van der Waals surface area contributed by atoms with Crippen LogP contribution in [-0.2, 0) is 4.74 Å². The van der Waals surface area contributed by atoms with Crippen molar-refractivity contribution in [2.45, 2.75) is 25.4 Å². The van der Waals surface area contributed by atoms with Crippen LogP contribution in [0.15, 0.2) is 18.2 Å². The van der Waals surface area contributed by atoms with E-state index in [1.54, 1.807) is 0 Å². The summed E-state index contributed by atoms with van der Waals surface area (Å²) in [6.45, 7) is 0.657. The van der Waals surface area contributed by atoms with Gasteiger partial charge >= 0.3 is 0 Å². The first kappa shape index (κ1) is 11.2. The summed E-state index contributed by atoms with van der Waals surface area (Å²) in [5.74, 6) is -1.81. The van der Waals surface area contributed by atoms with E-state index < -0.39 is 11.6 Å². The summed E-state index contributed by atoms with van der Waals surface area (Å²) in [4.78, 5) is 11.7. The predicted molar refractivity (Wildman–Crippen MR) is 54.3 cm³/mol. The van der Waals surface area contributed by atoms with Crippen molar-refractivity contribution in [2.75, 3.05) is 6.61 Å². The molecular formula is C12H12F2O2. The Morgan fingerprint density at radius 2 is 2.25 bits per heavy atom. The Kier molecular flexibility index (Phi) is 3.29. The molecule has 16 heavy (non-hydrogen) atoms. The predicted octanol–water partition coefficient (Wildman–Crippen LogP) is 2.72. The molecule has 0 aromatic heterocycles. The summed E-state index contributed by atoms with van der Waals surface area (Å²) in [5, 5.41) is 0. The van der Waals surface area contributed by atoms with Gasteiger partial charge in [-0.3, -0.25) is 4.79 Å². The Hall–Kier alpha value is -1.29. The van der Waals surface area contributed by atoms with Gasteiger partial charge in [0.25, 0.3) is 0 Å². The molecule has 4 heteroatoms. The molecule has 0 saturated carbocycles. The third-order valence-corrected chi connectivity index (χ3v) is 2.67. The second-order valence-corrected chi connectivity index (χ2v) is 3.89. The third kappa shape index (κ3) is 2.44. The fraction of sp³-hybridized carbons (Fsp3) is 0.417. The Morgan fingerprint density at radius 1 is 1.44 bits per heavy atom. The van der Waals surface area contributed by atoms with Crippen LogP contribution < -0.4 is 0 Å². The lowest BCUT2D eigenvalue weighted by molar-refractivity contribution is 0.0772. The van der Waals surface area contributed by atoms with E-state index in [-0.39, 0.29) is 23.9 Å². The second-order valence-electron chi connectivity index (χ2n) is 3.89. The first-order valence-corrected chi connectivity index (χ1v) is 5.26. The minimum absolute atomic E-state index is 0.0584. The van der Waals surface area contributed by atoms with E-state index in [9.17, 15) is 13.6 Å². The van der Waals surface area contributed by atoms with Crippen LogP contribution in [0.3, 0.4) is 0 Å². The van der Waals surface area contributed by atoms with Crippen LogP contribution in [-0.4, -0.2) is 18.5 Å². The van der Waals surface area contributed by atoms with Crippen molar-refractivity contribution in [3.63, 3.8) is 0 Å². The molecule has 86 valence electrons. The van der Waals surface area contributed by atoms with Gasteiger partial charge in [0.05, 0.1) is 11.7 Å². The number of rotatable bonds is 3. The number of carbonyl (C=O) groups is 1. The van der Waals surface area contributed by atoms with Crippen LogP contribution in [0.1, 0.15) is 29.6 Å². The van der Waals surface area contributed by atoms with E-state index in [1.165, 1.54) is 6.07 Å². The molecule has 1 aliphatic heterocycles. The van der Waals surface area contributed by atoms with E-state index in [1.807, 2.05) is 0 Å². The van der Waals surface area contributed by atoms with Crippen LogP contribution in [0.25, 0.3) is 0 Å². The van der Waals surface area contributed by atoms with Gasteiger partial charge in [-0.25, -0.2) is 8.78 Å². The molecule has 1 aromatic rings. The molecule has 0 bridgehead atoms. The highest BCUT2D eigenvalue weighted by Crippen LogP contribution is 2.19. The van der Waals surface area contributed by atoms with Crippen molar-refractivity contribution in [1.82, 2.24) is 0 Å². The second kappa shape index (κ2) is 4.70. The molecule has 1 atom stereocenters. The zero-order valence-corrected chi connectivity index (χ0v) is 8.71. The van der Waals surface area contributed by atoms with Gasteiger partial charge in [-0.05, 0) is 25.0 Å². The Balaban J connectivity index is 2.08. The van der Waals surface area contributed by atoms with Gasteiger partial charge in [-0.1, -0.05) is 0 Å². The molecule has 0 N–H and O–H groups in total. The van der Waals surface area contributed by atoms with E-state index in [2.05, 4.69) is 0 Å². The quantitative estimate of drug-likeness (QED) is 0.741. The first-order chi connectivity index (χ1) is 7.66. The van der Waals surface area contributed by atoms with E-state index in [0.29, 0.717) is 6.61 Å². The van der Waals surface area contributed by atoms with Crippen LogP contribution >= 0.6 is 0 Å². The lowest BCUT2D eigenvalue weighted by Crippen LogP contribution is -2.13. The van der Waals surface area contributed by atoms with Crippen molar-refractivity contribution < 1.29 is 18.3 Å². The summed E-state index contributed by atoms with van der Waals surface area (Å²) >= 11 is 0. The molecule has 1 saturated heterocycles. The summed E-state index contributed by atoms with van der Waals surface area (Å²) in [7, 11) is 0. The molecule has 2 nitrogen and oxygen atoms in total. The molecule has 1 aliphatic rings. The fourth-order valence-corrected chi connectivity index (χ4v) is 1.84. The molecule has 1 aromatic carbocycles. The van der Waals surface area contributed by atoms with Crippen molar-refractivity contribution in [3.8, 4) is 0 Å². The SMILES string of the molecule is O=C(CC1CCCO1)c1ccc(F)cc1F. The number of Topliss-reactive ketones (excluding diaryl/α,β-unsaturated/α-hetero) is 1. The van der Waals surface area contributed by atoms with Crippen LogP contribution in [0, 0.1) is 11.6 Å². The molecular weight excluding hydrogens is 214 g/mol. The lowest BCUT2D eigenvalue weighted by Gasteiger charge is -2.08. The first-order valence-electron chi connectivity index (χ1n) is 5.26. The van der Waals surface area contributed by atoms with Crippen molar-refractivity contribution in [1.29, 1.82) is 0 Å².